The maximum Gasteiger partial charge on any atom is 0.420 e. The number of halogens is 3. The summed E-state index contributed by atoms with van der Waals surface area (Å²) in [5.74, 6) is -0.639. The van der Waals surface area contributed by atoms with Crippen LogP contribution in [-0.4, -0.2) is 19.6 Å². The van der Waals surface area contributed by atoms with E-state index in [9.17, 15) is 18.0 Å². The van der Waals surface area contributed by atoms with Crippen LogP contribution in [0.25, 0.3) is 0 Å². The molecule has 1 aromatic carbocycles. The Kier molecular flexibility index (Phi) is 4.41. The van der Waals surface area contributed by atoms with Crippen LogP contribution in [0.3, 0.4) is 0 Å². The van der Waals surface area contributed by atoms with Crippen LogP contribution in [0.5, 0.6) is 5.75 Å². The summed E-state index contributed by atoms with van der Waals surface area (Å²) in [4.78, 5) is 10.9. The minimum Gasteiger partial charge on any atom is -0.492 e. The monoisotopic (exact) mass is 262 g/mol. The summed E-state index contributed by atoms with van der Waals surface area (Å²) in [6.07, 6.45) is -4.56. The highest BCUT2D eigenvalue weighted by atomic mass is 19.4. The molecule has 0 atom stereocenters. The van der Waals surface area contributed by atoms with Crippen LogP contribution in [0, 0.1) is 0 Å². The second-order valence-corrected chi connectivity index (χ2v) is 3.52. The van der Waals surface area contributed by atoms with Crippen molar-refractivity contribution in [3.63, 3.8) is 0 Å². The molecule has 3 N–H and O–H groups in total. The van der Waals surface area contributed by atoms with Gasteiger partial charge in [-0.05, 0) is 18.2 Å². The average molecular weight is 262 g/mol. The zero-order valence-corrected chi connectivity index (χ0v) is 9.67. The van der Waals surface area contributed by atoms with Crippen molar-refractivity contribution in [2.45, 2.75) is 12.6 Å². The molecule has 0 fully saturated rings. The molecule has 0 radical (unpaired) electrons. The first-order valence-corrected chi connectivity index (χ1v) is 5.14. The lowest BCUT2D eigenvalue weighted by Gasteiger charge is -2.14. The van der Waals surface area contributed by atoms with E-state index in [-0.39, 0.29) is 30.4 Å². The predicted octanol–water partition coefficient (Wildman–Crippen LogP) is 1.80. The Morgan fingerprint density at radius 3 is 2.67 bits per heavy atom. The molecule has 1 rings (SSSR count). The molecule has 0 aromatic heterocycles. The van der Waals surface area contributed by atoms with Crippen molar-refractivity contribution in [3.05, 3.63) is 23.8 Å². The summed E-state index contributed by atoms with van der Waals surface area (Å²) in [5.41, 5.74) is 4.36. The van der Waals surface area contributed by atoms with Crippen molar-refractivity contribution in [2.75, 3.05) is 19.4 Å². The Labute approximate surface area is 102 Å². The third kappa shape index (κ3) is 3.83. The molecule has 1 aromatic rings. The van der Waals surface area contributed by atoms with Crippen molar-refractivity contribution in [3.8, 4) is 5.75 Å². The molecule has 0 aliphatic carbocycles. The van der Waals surface area contributed by atoms with E-state index in [1.807, 2.05) is 0 Å². The van der Waals surface area contributed by atoms with Gasteiger partial charge in [0.25, 0.3) is 0 Å². The van der Waals surface area contributed by atoms with Crippen LogP contribution in [-0.2, 0) is 11.0 Å². The Morgan fingerprint density at radius 2 is 2.11 bits per heavy atom. The standard InChI is InChI=1S/C11H13F3N2O2/c1-16-10(17)4-5-18-9-3-2-7(15)6-8(9)11(12,13)14/h2-3,6H,4-5,15H2,1H3,(H,16,17). The van der Waals surface area contributed by atoms with Crippen molar-refractivity contribution < 1.29 is 22.7 Å². The van der Waals surface area contributed by atoms with Crippen LogP contribution in [0.2, 0.25) is 0 Å². The molecule has 0 bridgehead atoms. The van der Waals surface area contributed by atoms with Gasteiger partial charge in [-0.2, -0.15) is 13.2 Å². The summed E-state index contributed by atoms with van der Waals surface area (Å²) in [6.45, 7) is -0.132. The first-order valence-electron chi connectivity index (χ1n) is 5.14. The minimum atomic E-state index is -4.54. The number of alkyl halides is 3. The van der Waals surface area contributed by atoms with Gasteiger partial charge in [0.1, 0.15) is 5.75 Å². The Bertz CT molecular complexity index is 433. The van der Waals surface area contributed by atoms with E-state index in [4.69, 9.17) is 10.5 Å². The summed E-state index contributed by atoms with van der Waals surface area (Å²) in [5, 5.41) is 2.34. The zero-order valence-electron chi connectivity index (χ0n) is 9.67. The first-order chi connectivity index (χ1) is 8.34. The number of carbonyl (C=O) groups is 1. The number of anilines is 1. The van der Waals surface area contributed by atoms with Crippen LogP contribution in [0.15, 0.2) is 18.2 Å². The Morgan fingerprint density at radius 1 is 1.44 bits per heavy atom. The van der Waals surface area contributed by atoms with E-state index in [2.05, 4.69) is 5.32 Å². The van der Waals surface area contributed by atoms with Crippen molar-refractivity contribution in [2.24, 2.45) is 0 Å². The van der Waals surface area contributed by atoms with E-state index in [1.165, 1.54) is 13.1 Å². The fourth-order valence-electron chi connectivity index (χ4n) is 1.27. The maximum absolute atomic E-state index is 12.7. The van der Waals surface area contributed by atoms with Crippen molar-refractivity contribution in [1.82, 2.24) is 5.32 Å². The quantitative estimate of drug-likeness (QED) is 0.813. The predicted molar refractivity (Wildman–Crippen MR) is 60.0 cm³/mol. The molecule has 1 amide bonds. The van der Waals surface area contributed by atoms with E-state index in [1.54, 1.807) is 0 Å². The Hall–Kier alpha value is -1.92. The third-order valence-corrected chi connectivity index (χ3v) is 2.17. The van der Waals surface area contributed by atoms with Crippen molar-refractivity contribution in [1.29, 1.82) is 0 Å². The maximum atomic E-state index is 12.7. The molecule has 4 nitrogen and oxygen atoms in total. The molecule has 0 aliphatic rings. The van der Waals surface area contributed by atoms with Gasteiger partial charge in [-0.15, -0.1) is 0 Å². The Balaban J connectivity index is 2.79. The summed E-state index contributed by atoms with van der Waals surface area (Å²) < 4.78 is 43.0. The topological polar surface area (TPSA) is 64.3 Å². The van der Waals surface area contributed by atoms with Gasteiger partial charge in [-0.25, -0.2) is 0 Å². The lowest BCUT2D eigenvalue weighted by molar-refractivity contribution is -0.138. The second kappa shape index (κ2) is 5.61. The summed E-state index contributed by atoms with van der Waals surface area (Å²) in [7, 11) is 1.44. The fourth-order valence-corrected chi connectivity index (χ4v) is 1.27. The van der Waals surface area contributed by atoms with Crippen LogP contribution >= 0.6 is 0 Å². The van der Waals surface area contributed by atoms with Crippen LogP contribution < -0.4 is 15.8 Å². The van der Waals surface area contributed by atoms with Crippen molar-refractivity contribution >= 4 is 11.6 Å². The number of amides is 1. The van der Waals surface area contributed by atoms with Gasteiger partial charge in [-0.3, -0.25) is 4.79 Å². The molecular formula is C11H13F3N2O2. The number of nitrogen functional groups attached to an aromatic ring is 1. The molecule has 0 spiro atoms. The van der Waals surface area contributed by atoms with Gasteiger partial charge in [0.15, 0.2) is 0 Å². The highest BCUT2D eigenvalue weighted by Gasteiger charge is 2.34. The number of ether oxygens (including phenoxy) is 1. The van der Waals surface area contributed by atoms with Gasteiger partial charge in [0, 0.05) is 12.7 Å². The van der Waals surface area contributed by atoms with Gasteiger partial charge >= 0.3 is 6.18 Å². The summed E-state index contributed by atoms with van der Waals surface area (Å²) >= 11 is 0. The van der Waals surface area contributed by atoms with Crippen LogP contribution in [0.4, 0.5) is 18.9 Å². The van der Waals surface area contributed by atoms with E-state index < -0.39 is 11.7 Å². The van der Waals surface area contributed by atoms with Gasteiger partial charge in [-0.1, -0.05) is 0 Å². The molecule has 100 valence electrons. The lowest BCUT2D eigenvalue weighted by atomic mass is 10.1. The molecule has 0 heterocycles. The smallest absolute Gasteiger partial charge is 0.420 e. The van der Waals surface area contributed by atoms with Gasteiger partial charge in [0.2, 0.25) is 5.91 Å². The normalized spacial score (nSPS) is 11.1. The molecule has 0 unspecified atom stereocenters. The number of benzene rings is 1. The number of nitrogens with two attached hydrogens (primary N) is 1. The number of nitrogens with one attached hydrogen (secondary N) is 1. The SMILES string of the molecule is CNC(=O)CCOc1ccc(N)cc1C(F)(F)F. The highest BCUT2D eigenvalue weighted by molar-refractivity contribution is 5.75. The van der Waals surface area contributed by atoms with E-state index in [0.717, 1.165) is 12.1 Å². The van der Waals surface area contributed by atoms with Gasteiger partial charge < -0.3 is 15.8 Å². The molecule has 0 aliphatic heterocycles. The number of rotatable bonds is 4. The molecular weight excluding hydrogens is 249 g/mol. The third-order valence-electron chi connectivity index (χ3n) is 2.17. The number of carbonyl (C=O) groups excluding carboxylic acids is 1. The fraction of sp³-hybridized carbons (Fsp3) is 0.364. The van der Waals surface area contributed by atoms with E-state index in [0.29, 0.717) is 0 Å². The molecule has 0 saturated carbocycles. The number of hydrogen-bond acceptors (Lipinski definition) is 3. The minimum absolute atomic E-state index is 0.000904. The zero-order chi connectivity index (χ0) is 13.8. The molecule has 7 heteroatoms. The molecule has 18 heavy (non-hydrogen) atoms. The summed E-state index contributed by atoms with van der Waals surface area (Å²) in [6, 6.07) is 3.25. The van der Waals surface area contributed by atoms with E-state index >= 15 is 0 Å². The molecule has 0 saturated heterocycles. The van der Waals surface area contributed by atoms with Gasteiger partial charge in [0.05, 0.1) is 18.6 Å². The second-order valence-electron chi connectivity index (χ2n) is 3.52. The first kappa shape index (κ1) is 14.1. The highest BCUT2D eigenvalue weighted by Crippen LogP contribution is 2.37. The largest absolute Gasteiger partial charge is 0.492 e. The number of hydrogen-bond donors (Lipinski definition) is 2. The lowest BCUT2D eigenvalue weighted by Crippen LogP contribution is -2.20. The average Bonchev–Trinajstić information content (AvgIpc) is 2.29. The van der Waals surface area contributed by atoms with Crippen LogP contribution in [0.1, 0.15) is 12.0 Å².